The van der Waals surface area contributed by atoms with Crippen molar-refractivity contribution in [2.24, 2.45) is 0 Å². The summed E-state index contributed by atoms with van der Waals surface area (Å²) < 4.78 is 7.33. The predicted molar refractivity (Wildman–Crippen MR) is 76.1 cm³/mol. The number of ether oxygens (including phenoxy) is 1. The zero-order valence-electron chi connectivity index (χ0n) is 11.8. The molecule has 0 aliphatic carbocycles. The number of benzene rings is 1. The van der Waals surface area contributed by atoms with Crippen LogP contribution in [0.2, 0.25) is 0 Å². The van der Waals surface area contributed by atoms with Crippen molar-refractivity contribution in [2.75, 3.05) is 5.32 Å². The molecule has 0 unspecified atom stereocenters. The van der Waals surface area contributed by atoms with Crippen LogP contribution in [0, 0.1) is 0 Å². The first-order valence-corrected chi connectivity index (χ1v) is 6.58. The molecule has 0 radical (unpaired) electrons. The molecule has 0 atom stereocenters. The summed E-state index contributed by atoms with van der Waals surface area (Å²) in [5.74, 6) is -0.382. The minimum atomic E-state index is -0.520. The maximum absolute atomic E-state index is 12.2. The van der Waals surface area contributed by atoms with Crippen molar-refractivity contribution in [3.05, 3.63) is 42.0 Å². The Bertz CT molecular complexity index is 668. The third-order valence-electron chi connectivity index (χ3n) is 3.07. The summed E-state index contributed by atoms with van der Waals surface area (Å²) in [6.07, 6.45) is 1.67. The number of rotatable bonds is 1. The summed E-state index contributed by atoms with van der Waals surface area (Å²) in [6, 6.07) is 7.93. The summed E-state index contributed by atoms with van der Waals surface area (Å²) in [7, 11) is 0. The fourth-order valence-corrected chi connectivity index (χ4v) is 2.26. The second-order valence-electron chi connectivity index (χ2n) is 5.78. The molecule has 0 spiro atoms. The fraction of sp³-hybridized carbons (Fsp3) is 0.333. The summed E-state index contributed by atoms with van der Waals surface area (Å²) in [5.41, 5.74) is 2.72. The van der Waals surface area contributed by atoms with Gasteiger partial charge in [-0.1, -0.05) is 12.1 Å². The van der Waals surface area contributed by atoms with Gasteiger partial charge >= 0.3 is 5.97 Å². The molecule has 1 aromatic carbocycles. The topological polar surface area (TPSA) is 56.1 Å². The second kappa shape index (κ2) is 4.37. The normalized spacial score (nSPS) is 13.2. The van der Waals surface area contributed by atoms with Gasteiger partial charge in [0.1, 0.15) is 11.9 Å². The van der Waals surface area contributed by atoms with Gasteiger partial charge in [0.2, 0.25) is 0 Å². The molecule has 2 heterocycles. The van der Waals surface area contributed by atoms with E-state index in [4.69, 9.17) is 4.74 Å². The van der Waals surface area contributed by atoms with E-state index < -0.39 is 5.60 Å². The third-order valence-corrected chi connectivity index (χ3v) is 3.07. The van der Waals surface area contributed by atoms with E-state index >= 15 is 0 Å². The minimum absolute atomic E-state index is 0.377. The Morgan fingerprint density at radius 1 is 1.35 bits per heavy atom. The molecule has 1 aliphatic rings. The standard InChI is InChI=1S/C15H17N3O2/c1-15(2,3)20-14(19)13-12-8-16-10-6-4-5-7-11(10)18(12)9-17-13/h4-7,9,16H,8H2,1-3H3. The Kier molecular flexibility index (Phi) is 2.78. The molecule has 1 N–H and O–H groups in total. The van der Waals surface area contributed by atoms with E-state index in [0.29, 0.717) is 12.2 Å². The number of imidazole rings is 1. The van der Waals surface area contributed by atoms with Crippen LogP contribution >= 0.6 is 0 Å². The molecule has 0 amide bonds. The molecule has 0 saturated carbocycles. The first-order chi connectivity index (χ1) is 9.46. The highest BCUT2D eigenvalue weighted by molar-refractivity contribution is 5.89. The van der Waals surface area contributed by atoms with Crippen molar-refractivity contribution in [3.63, 3.8) is 0 Å². The van der Waals surface area contributed by atoms with Gasteiger partial charge < -0.3 is 10.1 Å². The largest absolute Gasteiger partial charge is 0.455 e. The van der Waals surface area contributed by atoms with E-state index in [0.717, 1.165) is 17.1 Å². The van der Waals surface area contributed by atoms with Crippen molar-refractivity contribution in [1.82, 2.24) is 9.55 Å². The number of nitrogens with zero attached hydrogens (tertiary/aromatic N) is 2. The van der Waals surface area contributed by atoms with Gasteiger partial charge in [-0.3, -0.25) is 4.57 Å². The van der Waals surface area contributed by atoms with Crippen LogP contribution in [0.3, 0.4) is 0 Å². The summed E-state index contributed by atoms with van der Waals surface area (Å²) in [4.78, 5) is 16.4. The van der Waals surface area contributed by atoms with Gasteiger partial charge in [-0.2, -0.15) is 0 Å². The average molecular weight is 271 g/mol. The van der Waals surface area contributed by atoms with Crippen LogP contribution in [0.25, 0.3) is 5.69 Å². The van der Waals surface area contributed by atoms with Gasteiger partial charge in [-0.05, 0) is 32.9 Å². The third kappa shape index (κ3) is 2.15. The van der Waals surface area contributed by atoms with Gasteiger partial charge in [0.25, 0.3) is 0 Å². The Morgan fingerprint density at radius 2 is 2.10 bits per heavy atom. The zero-order chi connectivity index (χ0) is 14.3. The Morgan fingerprint density at radius 3 is 2.85 bits per heavy atom. The van der Waals surface area contributed by atoms with Gasteiger partial charge in [0.05, 0.1) is 23.6 Å². The summed E-state index contributed by atoms with van der Waals surface area (Å²) in [5, 5.41) is 3.29. The molecule has 0 saturated heterocycles. The number of aromatic nitrogens is 2. The molecular weight excluding hydrogens is 254 g/mol. The van der Waals surface area contributed by atoms with E-state index in [-0.39, 0.29) is 5.97 Å². The van der Waals surface area contributed by atoms with Crippen molar-refractivity contribution in [2.45, 2.75) is 32.9 Å². The number of hydrogen-bond donors (Lipinski definition) is 1. The number of carbonyl (C=O) groups is 1. The predicted octanol–water partition coefficient (Wildman–Crippen LogP) is 2.75. The van der Waals surface area contributed by atoms with Crippen molar-refractivity contribution < 1.29 is 9.53 Å². The maximum atomic E-state index is 12.2. The van der Waals surface area contributed by atoms with Crippen LogP contribution in [-0.4, -0.2) is 21.1 Å². The van der Waals surface area contributed by atoms with E-state index in [1.54, 1.807) is 6.33 Å². The van der Waals surface area contributed by atoms with Crippen LogP contribution in [0.5, 0.6) is 0 Å². The number of anilines is 1. The highest BCUT2D eigenvalue weighted by Gasteiger charge is 2.26. The highest BCUT2D eigenvalue weighted by atomic mass is 16.6. The van der Waals surface area contributed by atoms with Crippen LogP contribution in [0.4, 0.5) is 5.69 Å². The monoisotopic (exact) mass is 271 g/mol. The molecule has 3 rings (SSSR count). The fourth-order valence-electron chi connectivity index (χ4n) is 2.26. The Balaban J connectivity index is 2.00. The number of esters is 1. The highest BCUT2D eigenvalue weighted by Crippen LogP contribution is 2.28. The lowest BCUT2D eigenvalue weighted by molar-refractivity contribution is 0.00621. The maximum Gasteiger partial charge on any atom is 0.359 e. The minimum Gasteiger partial charge on any atom is -0.455 e. The number of carbonyl (C=O) groups excluding carboxylic acids is 1. The van der Waals surface area contributed by atoms with Crippen molar-refractivity contribution >= 4 is 11.7 Å². The van der Waals surface area contributed by atoms with Gasteiger partial charge in [-0.15, -0.1) is 0 Å². The van der Waals surface area contributed by atoms with Crippen LogP contribution in [-0.2, 0) is 11.3 Å². The molecular formula is C15H17N3O2. The quantitative estimate of drug-likeness (QED) is 0.810. The van der Waals surface area contributed by atoms with Crippen molar-refractivity contribution in [3.8, 4) is 5.69 Å². The SMILES string of the molecule is CC(C)(C)OC(=O)c1ncn2c1CNc1ccccc1-2. The Labute approximate surface area is 117 Å². The second-order valence-corrected chi connectivity index (χ2v) is 5.78. The molecule has 1 aliphatic heterocycles. The summed E-state index contributed by atoms with van der Waals surface area (Å²) in [6.45, 7) is 6.11. The van der Waals surface area contributed by atoms with Crippen molar-refractivity contribution in [1.29, 1.82) is 0 Å². The summed E-state index contributed by atoms with van der Waals surface area (Å²) >= 11 is 0. The number of para-hydroxylation sites is 2. The van der Waals surface area contributed by atoms with E-state index in [9.17, 15) is 4.79 Å². The molecule has 1 aromatic heterocycles. The van der Waals surface area contributed by atoms with Crippen LogP contribution in [0.1, 0.15) is 37.0 Å². The Hall–Kier alpha value is -2.30. The lowest BCUT2D eigenvalue weighted by Crippen LogP contribution is -2.26. The lowest BCUT2D eigenvalue weighted by atomic mass is 10.1. The average Bonchev–Trinajstić information content (AvgIpc) is 2.81. The van der Waals surface area contributed by atoms with E-state index in [1.807, 2.05) is 49.6 Å². The number of fused-ring (bicyclic) bond motifs is 3. The zero-order valence-corrected chi connectivity index (χ0v) is 11.8. The first-order valence-electron chi connectivity index (χ1n) is 6.58. The molecule has 20 heavy (non-hydrogen) atoms. The molecule has 0 bridgehead atoms. The smallest absolute Gasteiger partial charge is 0.359 e. The van der Waals surface area contributed by atoms with Crippen LogP contribution < -0.4 is 5.32 Å². The van der Waals surface area contributed by atoms with Gasteiger partial charge in [-0.25, -0.2) is 9.78 Å². The number of nitrogens with one attached hydrogen (secondary N) is 1. The van der Waals surface area contributed by atoms with Gasteiger partial charge in [0, 0.05) is 0 Å². The molecule has 5 heteroatoms. The van der Waals surface area contributed by atoms with Crippen LogP contribution in [0.15, 0.2) is 30.6 Å². The lowest BCUT2D eigenvalue weighted by Gasteiger charge is -2.22. The van der Waals surface area contributed by atoms with E-state index in [1.165, 1.54) is 0 Å². The molecule has 5 nitrogen and oxygen atoms in total. The molecule has 2 aromatic rings. The van der Waals surface area contributed by atoms with E-state index in [2.05, 4.69) is 10.3 Å². The number of hydrogen-bond acceptors (Lipinski definition) is 4. The molecule has 0 fully saturated rings. The molecule has 104 valence electrons. The van der Waals surface area contributed by atoms with Gasteiger partial charge in [0.15, 0.2) is 5.69 Å². The first kappa shape index (κ1) is 12.7.